The molecule has 2 N–H and O–H groups in total. The Morgan fingerprint density at radius 3 is 2.48 bits per heavy atom. The number of ether oxygens (including phenoxy) is 1. The summed E-state index contributed by atoms with van der Waals surface area (Å²) in [6.45, 7) is 2.76. The van der Waals surface area contributed by atoms with Crippen molar-refractivity contribution in [3.05, 3.63) is 65.9 Å². The van der Waals surface area contributed by atoms with Crippen molar-refractivity contribution >= 4 is 22.7 Å². The van der Waals surface area contributed by atoms with E-state index in [1.54, 1.807) is 36.4 Å². The molecule has 3 aromatic rings. The SMILES string of the molecule is CCCCOc1ccc(C(=O)n2cc(C(N)=O)c3ccccc32)cc1. The predicted octanol–water partition coefficient (Wildman–Crippen LogP) is 3.61. The van der Waals surface area contributed by atoms with Gasteiger partial charge in [-0.3, -0.25) is 14.2 Å². The number of benzene rings is 2. The molecule has 0 bridgehead atoms. The Bertz CT molecular complexity index is 910. The van der Waals surface area contributed by atoms with E-state index in [1.165, 1.54) is 10.8 Å². The van der Waals surface area contributed by atoms with Crippen LogP contribution in [0.3, 0.4) is 0 Å². The Balaban J connectivity index is 1.91. The van der Waals surface area contributed by atoms with E-state index in [0.29, 0.717) is 28.6 Å². The summed E-state index contributed by atoms with van der Waals surface area (Å²) in [4.78, 5) is 24.5. The number of para-hydroxylation sites is 1. The molecule has 3 rings (SSSR count). The zero-order chi connectivity index (χ0) is 17.8. The van der Waals surface area contributed by atoms with Crippen molar-refractivity contribution in [1.29, 1.82) is 0 Å². The molecule has 0 spiro atoms. The number of carbonyl (C=O) groups is 2. The molecule has 0 atom stereocenters. The minimum absolute atomic E-state index is 0.219. The molecule has 0 fully saturated rings. The molecule has 0 aliphatic carbocycles. The molecule has 128 valence electrons. The first-order chi connectivity index (χ1) is 12.1. The van der Waals surface area contributed by atoms with Crippen LogP contribution in [0.15, 0.2) is 54.7 Å². The third-order valence-electron chi connectivity index (χ3n) is 4.06. The van der Waals surface area contributed by atoms with Crippen LogP contribution in [0, 0.1) is 0 Å². The van der Waals surface area contributed by atoms with Gasteiger partial charge in [-0.2, -0.15) is 0 Å². The lowest BCUT2D eigenvalue weighted by Crippen LogP contribution is -2.12. The van der Waals surface area contributed by atoms with E-state index in [-0.39, 0.29) is 5.91 Å². The van der Waals surface area contributed by atoms with Gasteiger partial charge in [0.25, 0.3) is 11.8 Å². The van der Waals surface area contributed by atoms with Gasteiger partial charge in [0.2, 0.25) is 0 Å². The van der Waals surface area contributed by atoms with Crippen LogP contribution < -0.4 is 10.5 Å². The Morgan fingerprint density at radius 2 is 1.80 bits per heavy atom. The fourth-order valence-electron chi connectivity index (χ4n) is 2.71. The topological polar surface area (TPSA) is 74.3 Å². The Hall–Kier alpha value is -3.08. The van der Waals surface area contributed by atoms with Crippen LogP contribution in [0.25, 0.3) is 10.9 Å². The number of hydrogen-bond donors (Lipinski definition) is 1. The summed E-state index contributed by atoms with van der Waals surface area (Å²) < 4.78 is 7.07. The molecule has 5 nitrogen and oxygen atoms in total. The van der Waals surface area contributed by atoms with Gasteiger partial charge in [-0.05, 0) is 36.8 Å². The number of carbonyl (C=O) groups excluding carboxylic acids is 2. The largest absolute Gasteiger partial charge is 0.494 e. The summed E-state index contributed by atoms with van der Waals surface area (Å²) in [5, 5.41) is 0.669. The summed E-state index contributed by atoms with van der Waals surface area (Å²) in [6, 6.07) is 14.2. The van der Waals surface area contributed by atoms with Crippen molar-refractivity contribution < 1.29 is 14.3 Å². The second-order valence-corrected chi connectivity index (χ2v) is 5.83. The fourth-order valence-corrected chi connectivity index (χ4v) is 2.71. The van der Waals surface area contributed by atoms with Crippen molar-refractivity contribution in [1.82, 2.24) is 4.57 Å². The first kappa shape index (κ1) is 16.8. The van der Waals surface area contributed by atoms with E-state index in [4.69, 9.17) is 10.5 Å². The highest BCUT2D eigenvalue weighted by atomic mass is 16.5. The number of amides is 1. The van der Waals surface area contributed by atoms with E-state index >= 15 is 0 Å². The summed E-state index contributed by atoms with van der Waals surface area (Å²) in [5.74, 6) is -0.0357. The number of primary amides is 1. The lowest BCUT2D eigenvalue weighted by molar-refractivity contribution is 0.0965. The second-order valence-electron chi connectivity index (χ2n) is 5.83. The molecule has 1 heterocycles. The highest BCUT2D eigenvalue weighted by Crippen LogP contribution is 2.23. The van der Waals surface area contributed by atoms with Crippen LogP contribution in [0.5, 0.6) is 5.75 Å². The molecule has 2 aromatic carbocycles. The molecular formula is C20H20N2O3. The number of hydrogen-bond acceptors (Lipinski definition) is 3. The van der Waals surface area contributed by atoms with Gasteiger partial charge >= 0.3 is 0 Å². The van der Waals surface area contributed by atoms with Crippen molar-refractivity contribution in [3.8, 4) is 5.75 Å². The molecule has 1 aromatic heterocycles. The maximum Gasteiger partial charge on any atom is 0.262 e. The van der Waals surface area contributed by atoms with Gasteiger partial charge in [0.15, 0.2) is 0 Å². The number of fused-ring (bicyclic) bond motifs is 1. The number of rotatable bonds is 6. The number of unbranched alkanes of at least 4 members (excludes halogenated alkanes) is 1. The van der Waals surface area contributed by atoms with E-state index in [0.717, 1.165) is 18.6 Å². The Labute approximate surface area is 146 Å². The molecular weight excluding hydrogens is 316 g/mol. The highest BCUT2D eigenvalue weighted by Gasteiger charge is 2.17. The Morgan fingerprint density at radius 1 is 1.08 bits per heavy atom. The lowest BCUT2D eigenvalue weighted by atomic mass is 10.1. The molecule has 0 saturated carbocycles. The van der Waals surface area contributed by atoms with E-state index in [2.05, 4.69) is 6.92 Å². The highest BCUT2D eigenvalue weighted by molar-refractivity contribution is 6.11. The second kappa shape index (κ2) is 7.21. The van der Waals surface area contributed by atoms with Gasteiger partial charge in [-0.25, -0.2) is 0 Å². The molecule has 5 heteroatoms. The standard InChI is InChI=1S/C20H20N2O3/c1-2-3-12-25-15-10-8-14(9-11-15)20(24)22-13-17(19(21)23)16-6-4-5-7-18(16)22/h4-11,13H,2-3,12H2,1H3,(H2,21,23). The van der Waals surface area contributed by atoms with Crippen molar-refractivity contribution in [2.24, 2.45) is 5.73 Å². The van der Waals surface area contributed by atoms with Crippen LogP contribution in [-0.4, -0.2) is 23.0 Å². The minimum atomic E-state index is -0.553. The average molecular weight is 336 g/mol. The van der Waals surface area contributed by atoms with E-state index in [1.807, 2.05) is 12.1 Å². The zero-order valence-corrected chi connectivity index (χ0v) is 14.1. The molecule has 0 unspecified atom stereocenters. The number of nitrogens with two attached hydrogens (primary N) is 1. The third kappa shape index (κ3) is 3.40. The van der Waals surface area contributed by atoms with Gasteiger partial charge in [-0.1, -0.05) is 31.5 Å². The fraction of sp³-hybridized carbons (Fsp3) is 0.200. The molecule has 0 aliphatic heterocycles. The van der Waals surface area contributed by atoms with Crippen LogP contribution in [0.4, 0.5) is 0 Å². The molecule has 1 amide bonds. The smallest absolute Gasteiger partial charge is 0.262 e. The molecule has 0 aliphatic rings. The lowest BCUT2D eigenvalue weighted by Gasteiger charge is -2.07. The van der Waals surface area contributed by atoms with Crippen LogP contribution in [0.2, 0.25) is 0 Å². The van der Waals surface area contributed by atoms with E-state index < -0.39 is 5.91 Å². The summed E-state index contributed by atoms with van der Waals surface area (Å²) >= 11 is 0. The molecule has 25 heavy (non-hydrogen) atoms. The third-order valence-corrected chi connectivity index (χ3v) is 4.06. The van der Waals surface area contributed by atoms with Gasteiger partial charge < -0.3 is 10.5 Å². The predicted molar refractivity (Wildman–Crippen MR) is 97.0 cm³/mol. The van der Waals surface area contributed by atoms with Crippen LogP contribution in [-0.2, 0) is 0 Å². The van der Waals surface area contributed by atoms with Gasteiger partial charge in [-0.15, -0.1) is 0 Å². The minimum Gasteiger partial charge on any atom is -0.494 e. The van der Waals surface area contributed by atoms with Gasteiger partial charge in [0.1, 0.15) is 5.75 Å². The summed E-state index contributed by atoms with van der Waals surface area (Å²) in [5.41, 5.74) is 6.94. The first-order valence-corrected chi connectivity index (χ1v) is 8.29. The first-order valence-electron chi connectivity index (χ1n) is 8.29. The van der Waals surface area contributed by atoms with Crippen molar-refractivity contribution in [2.75, 3.05) is 6.61 Å². The van der Waals surface area contributed by atoms with Crippen LogP contribution >= 0.6 is 0 Å². The Kier molecular flexibility index (Phi) is 4.84. The van der Waals surface area contributed by atoms with Crippen LogP contribution in [0.1, 0.15) is 40.5 Å². The number of aromatic nitrogens is 1. The monoisotopic (exact) mass is 336 g/mol. The summed E-state index contributed by atoms with van der Waals surface area (Å²) in [6.07, 6.45) is 3.56. The van der Waals surface area contributed by atoms with Gasteiger partial charge in [0, 0.05) is 17.1 Å². The maximum atomic E-state index is 12.8. The molecule has 0 radical (unpaired) electrons. The van der Waals surface area contributed by atoms with E-state index in [9.17, 15) is 9.59 Å². The molecule has 0 saturated heterocycles. The summed E-state index contributed by atoms with van der Waals surface area (Å²) in [7, 11) is 0. The zero-order valence-electron chi connectivity index (χ0n) is 14.1. The quantitative estimate of drug-likeness (QED) is 0.699. The normalized spacial score (nSPS) is 10.8. The number of nitrogens with zero attached hydrogens (tertiary/aromatic N) is 1. The van der Waals surface area contributed by atoms with Crippen molar-refractivity contribution in [2.45, 2.75) is 19.8 Å². The van der Waals surface area contributed by atoms with Gasteiger partial charge in [0.05, 0.1) is 17.7 Å². The average Bonchev–Trinajstić information content (AvgIpc) is 3.02. The maximum absolute atomic E-state index is 12.8. The van der Waals surface area contributed by atoms with Crippen molar-refractivity contribution in [3.63, 3.8) is 0 Å².